The first-order chi connectivity index (χ1) is 13.6. The molecule has 0 aliphatic carbocycles. The van der Waals surface area contributed by atoms with E-state index in [2.05, 4.69) is 20.9 Å². The minimum atomic E-state index is -0.157. The number of halogens is 1. The molecule has 1 aromatic carbocycles. The van der Waals surface area contributed by atoms with Crippen LogP contribution in [-0.2, 0) is 17.8 Å². The van der Waals surface area contributed by atoms with Gasteiger partial charge < -0.3 is 9.88 Å². The number of H-pyrrole nitrogens is 1. The Kier molecular flexibility index (Phi) is 5.75. The molecule has 1 saturated heterocycles. The largest absolute Gasteiger partial charge is 0.340 e. The lowest BCUT2D eigenvalue weighted by Crippen LogP contribution is -2.48. The molecule has 3 aromatic rings. The van der Waals surface area contributed by atoms with Gasteiger partial charge in [0.1, 0.15) is 5.82 Å². The van der Waals surface area contributed by atoms with Crippen molar-refractivity contribution in [2.45, 2.75) is 19.4 Å². The Hall–Kier alpha value is -2.22. The molecule has 0 atom stereocenters. The van der Waals surface area contributed by atoms with E-state index in [1.165, 1.54) is 4.88 Å². The SMILES string of the molecule is O=C(CCc1nc2ccccc2c(=O)[nH]1)N1CCN(Cc2ccc(Cl)s2)CC1. The van der Waals surface area contributed by atoms with E-state index < -0.39 is 0 Å². The maximum Gasteiger partial charge on any atom is 0.258 e. The number of para-hydroxylation sites is 1. The van der Waals surface area contributed by atoms with Gasteiger partial charge in [0.25, 0.3) is 5.56 Å². The molecular formula is C20H21ClN4O2S. The van der Waals surface area contributed by atoms with E-state index in [4.69, 9.17) is 11.6 Å². The third kappa shape index (κ3) is 4.43. The topological polar surface area (TPSA) is 69.3 Å². The van der Waals surface area contributed by atoms with Crippen molar-refractivity contribution in [2.24, 2.45) is 0 Å². The summed E-state index contributed by atoms with van der Waals surface area (Å²) in [5.41, 5.74) is 0.506. The number of benzene rings is 1. The summed E-state index contributed by atoms with van der Waals surface area (Å²) in [4.78, 5) is 37.4. The van der Waals surface area contributed by atoms with Gasteiger partial charge in [-0.2, -0.15) is 0 Å². The van der Waals surface area contributed by atoms with Crippen molar-refractivity contribution in [3.05, 3.63) is 61.8 Å². The number of thiophene rings is 1. The van der Waals surface area contributed by atoms with Crippen LogP contribution in [0.2, 0.25) is 4.34 Å². The van der Waals surface area contributed by atoms with Crippen molar-refractivity contribution >= 4 is 39.7 Å². The molecular weight excluding hydrogens is 396 g/mol. The van der Waals surface area contributed by atoms with E-state index in [-0.39, 0.29) is 11.5 Å². The molecule has 28 heavy (non-hydrogen) atoms. The first-order valence-corrected chi connectivity index (χ1v) is 10.5. The molecule has 1 fully saturated rings. The molecule has 3 heterocycles. The van der Waals surface area contributed by atoms with Crippen LogP contribution in [0, 0.1) is 0 Å². The highest BCUT2D eigenvalue weighted by Gasteiger charge is 2.21. The molecule has 0 unspecified atom stereocenters. The van der Waals surface area contributed by atoms with Crippen molar-refractivity contribution in [1.29, 1.82) is 0 Å². The lowest BCUT2D eigenvalue weighted by Gasteiger charge is -2.34. The van der Waals surface area contributed by atoms with Crippen LogP contribution in [0.1, 0.15) is 17.1 Å². The van der Waals surface area contributed by atoms with Crippen LogP contribution in [-0.4, -0.2) is 51.9 Å². The smallest absolute Gasteiger partial charge is 0.258 e. The third-order valence-corrected chi connectivity index (χ3v) is 6.19. The van der Waals surface area contributed by atoms with Crippen LogP contribution in [0.15, 0.2) is 41.2 Å². The minimum Gasteiger partial charge on any atom is -0.340 e. The number of piperazine rings is 1. The van der Waals surface area contributed by atoms with Crippen LogP contribution in [0.3, 0.4) is 0 Å². The van der Waals surface area contributed by atoms with Gasteiger partial charge in [-0.05, 0) is 24.3 Å². The van der Waals surface area contributed by atoms with Gasteiger partial charge in [-0.3, -0.25) is 14.5 Å². The number of nitrogens with zero attached hydrogens (tertiary/aromatic N) is 3. The highest BCUT2D eigenvalue weighted by Crippen LogP contribution is 2.23. The van der Waals surface area contributed by atoms with Gasteiger partial charge in [-0.1, -0.05) is 23.7 Å². The fourth-order valence-electron chi connectivity index (χ4n) is 3.45. The van der Waals surface area contributed by atoms with E-state index in [0.717, 1.165) is 37.1 Å². The third-order valence-electron chi connectivity index (χ3n) is 4.97. The Morgan fingerprint density at radius 1 is 1.14 bits per heavy atom. The molecule has 1 aliphatic rings. The Morgan fingerprint density at radius 2 is 1.93 bits per heavy atom. The summed E-state index contributed by atoms with van der Waals surface area (Å²) in [7, 11) is 0. The van der Waals surface area contributed by atoms with E-state index in [0.29, 0.717) is 29.6 Å². The van der Waals surface area contributed by atoms with Crippen molar-refractivity contribution in [2.75, 3.05) is 26.2 Å². The predicted octanol–water partition coefficient (Wildman–Crippen LogP) is 2.92. The summed E-state index contributed by atoms with van der Waals surface area (Å²) in [5, 5.41) is 0.570. The molecule has 0 bridgehead atoms. The Balaban J connectivity index is 1.29. The number of carbonyl (C=O) groups excluding carboxylic acids is 1. The fourth-order valence-corrected chi connectivity index (χ4v) is 4.58. The molecule has 0 saturated carbocycles. The Bertz CT molecular complexity index is 1040. The maximum absolute atomic E-state index is 12.6. The van der Waals surface area contributed by atoms with E-state index in [1.807, 2.05) is 29.2 Å². The summed E-state index contributed by atoms with van der Waals surface area (Å²) < 4.78 is 0.809. The fraction of sp³-hybridized carbons (Fsp3) is 0.350. The number of aromatic amines is 1. The van der Waals surface area contributed by atoms with Crippen LogP contribution in [0.5, 0.6) is 0 Å². The highest BCUT2D eigenvalue weighted by atomic mass is 35.5. The van der Waals surface area contributed by atoms with Crippen molar-refractivity contribution in [1.82, 2.24) is 19.8 Å². The number of hydrogen-bond donors (Lipinski definition) is 1. The summed E-state index contributed by atoms with van der Waals surface area (Å²) in [6, 6.07) is 11.2. The first-order valence-electron chi connectivity index (χ1n) is 9.31. The first kappa shape index (κ1) is 19.1. The monoisotopic (exact) mass is 416 g/mol. The Labute approximate surface area is 171 Å². The molecule has 1 N–H and O–H groups in total. The maximum atomic E-state index is 12.6. The molecule has 4 rings (SSSR count). The molecule has 6 nitrogen and oxygen atoms in total. The number of nitrogens with one attached hydrogen (secondary N) is 1. The molecule has 0 radical (unpaired) electrons. The lowest BCUT2D eigenvalue weighted by molar-refractivity contribution is -0.133. The van der Waals surface area contributed by atoms with Gasteiger partial charge in [-0.25, -0.2) is 4.98 Å². The average Bonchev–Trinajstić information content (AvgIpc) is 3.11. The molecule has 2 aromatic heterocycles. The number of aromatic nitrogens is 2. The zero-order valence-electron chi connectivity index (χ0n) is 15.4. The average molecular weight is 417 g/mol. The minimum absolute atomic E-state index is 0.106. The zero-order valence-corrected chi connectivity index (χ0v) is 16.9. The Morgan fingerprint density at radius 3 is 2.68 bits per heavy atom. The summed E-state index contributed by atoms with van der Waals surface area (Å²) >= 11 is 7.59. The number of fused-ring (bicyclic) bond motifs is 1. The zero-order chi connectivity index (χ0) is 19.5. The van der Waals surface area contributed by atoms with Crippen LogP contribution in [0.4, 0.5) is 0 Å². The van der Waals surface area contributed by atoms with Gasteiger partial charge in [0.05, 0.1) is 15.2 Å². The number of carbonyl (C=O) groups is 1. The van der Waals surface area contributed by atoms with Crippen molar-refractivity contribution < 1.29 is 4.79 Å². The van der Waals surface area contributed by atoms with Gasteiger partial charge in [0, 0.05) is 50.4 Å². The summed E-state index contributed by atoms with van der Waals surface area (Å²) in [6.45, 7) is 4.03. The highest BCUT2D eigenvalue weighted by molar-refractivity contribution is 7.16. The van der Waals surface area contributed by atoms with E-state index in [1.54, 1.807) is 17.4 Å². The second kappa shape index (κ2) is 8.43. The van der Waals surface area contributed by atoms with Crippen LogP contribution < -0.4 is 5.56 Å². The summed E-state index contributed by atoms with van der Waals surface area (Å²) in [6.07, 6.45) is 0.786. The second-order valence-electron chi connectivity index (χ2n) is 6.89. The predicted molar refractivity (Wildman–Crippen MR) is 112 cm³/mol. The van der Waals surface area contributed by atoms with Crippen molar-refractivity contribution in [3.63, 3.8) is 0 Å². The molecule has 8 heteroatoms. The summed E-state index contributed by atoms with van der Waals surface area (Å²) in [5.74, 6) is 0.667. The molecule has 1 amide bonds. The number of rotatable bonds is 5. The van der Waals surface area contributed by atoms with Crippen LogP contribution >= 0.6 is 22.9 Å². The molecule has 0 spiro atoms. The van der Waals surface area contributed by atoms with Gasteiger partial charge in [0.2, 0.25) is 5.91 Å². The van der Waals surface area contributed by atoms with E-state index >= 15 is 0 Å². The standard InChI is InChI=1S/C20H21ClN4O2S/c21-17-6-5-14(28-17)13-24-9-11-25(12-10-24)19(26)8-7-18-22-16-4-2-1-3-15(16)20(27)23-18/h1-6H,7-13H2,(H,22,23,27). The number of hydrogen-bond acceptors (Lipinski definition) is 5. The lowest BCUT2D eigenvalue weighted by atomic mass is 10.2. The number of amides is 1. The van der Waals surface area contributed by atoms with Gasteiger partial charge >= 0.3 is 0 Å². The molecule has 1 aliphatic heterocycles. The van der Waals surface area contributed by atoms with Gasteiger partial charge in [-0.15, -0.1) is 11.3 Å². The molecule has 146 valence electrons. The number of aryl methyl sites for hydroxylation is 1. The quantitative estimate of drug-likeness (QED) is 0.694. The van der Waals surface area contributed by atoms with Gasteiger partial charge in [0.15, 0.2) is 0 Å². The van der Waals surface area contributed by atoms with Crippen molar-refractivity contribution in [3.8, 4) is 0 Å². The van der Waals surface area contributed by atoms with Crippen LogP contribution in [0.25, 0.3) is 10.9 Å². The normalized spacial score (nSPS) is 15.2. The van der Waals surface area contributed by atoms with E-state index in [9.17, 15) is 9.59 Å². The second-order valence-corrected chi connectivity index (χ2v) is 8.69.